The Morgan fingerprint density at radius 1 is 1.16 bits per heavy atom. The van der Waals surface area contributed by atoms with Crippen LogP contribution in [0.15, 0.2) is 53.6 Å². The Bertz CT molecular complexity index is 1220. The number of aliphatic hydroxyl groups is 1. The molecular formula is C30H37NO6. The number of carbonyl (C=O) groups is 2. The van der Waals surface area contributed by atoms with Gasteiger partial charge in [-0.15, -0.1) is 0 Å². The van der Waals surface area contributed by atoms with E-state index in [-0.39, 0.29) is 35.6 Å². The fourth-order valence-corrected chi connectivity index (χ4v) is 8.08. The monoisotopic (exact) mass is 507 g/mol. The molecule has 198 valence electrons. The minimum Gasteiger partial charge on any atom is -0.438 e. The number of ketones is 1. The summed E-state index contributed by atoms with van der Waals surface area (Å²) >= 11 is 0. The number of hydrogen-bond acceptors (Lipinski definition) is 6. The van der Waals surface area contributed by atoms with Gasteiger partial charge in [0.1, 0.15) is 6.10 Å². The maximum atomic E-state index is 14.7. The molecule has 1 aromatic rings. The number of anilines is 1. The van der Waals surface area contributed by atoms with Crippen LogP contribution in [0.5, 0.6) is 0 Å². The summed E-state index contributed by atoms with van der Waals surface area (Å²) in [6, 6.07) is 9.02. The molecule has 6 rings (SSSR count). The molecule has 1 spiro atoms. The molecule has 7 heteroatoms. The van der Waals surface area contributed by atoms with Crippen molar-refractivity contribution in [2.75, 3.05) is 11.9 Å². The molecule has 1 heterocycles. The van der Waals surface area contributed by atoms with Gasteiger partial charge in [-0.05, 0) is 73.6 Å². The van der Waals surface area contributed by atoms with E-state index in [9.17, 15) is 14.7 Å². The lowest BCUT2D eigenvalue weighted by Gasteiger charge is -2.52. The van der Waals surface area contributed by atoms with Gasteiger partial charge in [0, 0.05) is 11.6 Å². The van der Waals surface area contributed by atoms with Gasteiger partial charge in [-0.2, -0.15) is 0 Å². The number of rotatable bonds is 2. The highest BCUT2D eigenvalue weighted by Crippen LogP contribution is 2.72. The van der Waals surface area contributed by atoms with Gasteiger partial charge in [-0.1, -0.05) is 51.1 Å². The van der Waals surface area contributed by atoms with Crippen molar-refractivity contribution in [1.29, 1.82) is 0 Å². The molecule has 2 saturated carbocycles. The molecule has 2 bridgehead atoms. The molecule has 3 fully saturated rings. The van der Waals surface area contributed by atoms with E-state index >= 15 is 0 Å². The minimum absolute atomic E-state index is 0.00204. The van der Waals surface area contributed by atoms with E-state index in [0.717, 1.165) is 12.0 Å². The summed E-state index contributed by atoms with van der Waals surface area (Å²) in [5.41, 5.74) is -1.03. The van der Waals surface area contributed by atoms with Crippen LogP contribution in [0.2, 0.25) is 0 Å². The van der Waals surface area contributed by atoms with E-state index < -0.39 is 35.1 Å². The van der Waals surface area contributed by atoms with Crippen molar-refractivity contribution in [1.82, 2.24) is 0 Å². The Morgan fingerprint density at radius 2 is 1.86 bits per heavy atom. The van der Waals surface area contributed by atoms with Crippen LogP contribution in [0.25, 0.3) is 0 Å². The van der Waals surface area contributed by atoms with Crippen molar-refractivity contribution in [2.24, 2.45) is 34.5 Å². The molecule has 1 aliphatic heterocycles. The lowest BCUT2D eigenvalue weighted by molar-refractivity contribution is -0.302. The Balaban J connectivity index is 1.47. The number of allylic oxidation sites excluding steroid dienone is 1. The summed E-state index contributed by atoms with van der Waals surface area (Å²) in [5, 5.41) is 15.7. The second kappa shape index (κ2) is 7.78. The molecule has 4 aliphatic carbocycles. The van der Waals surface area contributed by atoms with Crippen molar-refractivity contribution in [3.63, 3.8) is 0 Å². The van der Waals surface area contributed by atoms with Crippen LogP contribution in [-0.2, 0) is 19.0 Å². The first kappa shape index (κ1) is 24.8. The van der Waals surface area contributed by atoms with Gasteiger partial charge >= 0.3 is 6.09 Å². The topological polar surface area (TPSA) is 94.1 Å². The average Bonchev–Trinajstić information content (AvgIpc) is 3.32. The van der Waals surface area contributed by atoms with Crippen LogP contribution in [-0.4, -0.2) is 47.2 Å². The maximum absolute atomic E-state index is 14.7. The summed E-state index contributed by atoms with van der Waals surface area (Å²) < 4.78 is 18.5. The molecule has 2 unspecified atom stereocenters. The Kier molecular flexibility index (Phi) is 5.22. The molecular weight excluding hydrogens is 470 g/mol. The molecule has 1 aromatic carbocycles. The first-order valence-corrected chi connectivity index (χ1v) is 13.3. The molecule has 7 nitrogen and oxygen atoms in total. The van der Waals surface area contributed by atoms with Crippen molar-refractivity contribution >= 4 is 17.6 Å². The van der Waals surface area contributed by atoms with Gasteiger partial charge in [-0.25, -0.2) is 4.79 Å². The zero-order chi connectivity index (χ0) is 26.5. The SMILES string of the molecule is CC1=CC23C(=O)[C@@H](C=C4COC(C)(C)O[C@H]4[C@]2(O)[C@H]1OC(=O)Nc1ccccc1)[C@H]1[C@@H](CC3C)C1(C)C. The van der Waals surface area contributed by atoms with Crippen molar-refractivity contribution in [2.45, 2.75) is 71.6 Å². The van der Waals surface area contributed by atoms with Crippen LogP contribution in [0, 0.1) is 34.5 Å². The first-order valence-electron chi connectivity index (χ1n) is 13.3. The number of fused-ring (bicyclic) bond motifs is 5. The molecule has 1 saturated heterocycles. The highest BCUT2D eigenvalue weighted by atomic mass is 16.7. The van der Waals surface area contributed by atoms with Gasteiger partial charge in [-0.3, -0.25) is 10.1 Å². The Labute approximate surface area is 218 Å². The van der Waals surface area contributed by atoms with Gasteiger partial charge < -0.3 is 19.3 Å². The van der Waals surface area contributed by atoms with Crippen LogP contribution in [0.1, 0.15) is 48.0 Å². The predicted octanol–water partition coefficient (Wildman–Crippen LogP) is 4.87. The molecule has 0 radical (unpaired) electrons. The lowest BCUT2D eigenvalue weighted by atomic mass is 9.59. The number of Topliss-reactive ketones (excluding diaryl/α,β-unsaturated/α-hetero) is 1. The number of para-hydroxylation sites is 1. The number of amides is 1. The molecule has 0 aromatic heterocycles. The third-order valence-electron chi connectivity index (χ3n) is 9.92. The quantitative estimate of drug-likeness (QED) is 0.555. The van der Waals surface area contributed by atoms with E-state index in [2.05, 4.69) is 26.1 Å². The van der Waals surface area contributed by atoms with Gasteiger partial charge in [0.2, 0.25) is 0 Å². The highest BCUT2D eigenvalue weighted by Gasteiger charge is 2.77. The summed E-state index contributed by atoms with van der Waals surface area (Å²) in [5.74, 6) is -0.933. The van der Waals surface area contributed by atoms with Crippen LogP contribution in [0.3, 0.4) is 0 Å². The second-order valence-corrected chi connectivity index (χ2v) is 12.8. The second-order valence-electron chi connectivity index (χ2n) is 12.8. The van der Waals surface area contributed by atoms with Crippen molar-refractivity contribution < 1.29 is 28.9 Å². The number of nitrogens with one attached hydrogen (secondary N) is 1. The smallest absolute Gasteiger partial charge is 0.412 e. The number of carbonyl (C=O) groups excluding carboxylic acids is 2. The molecule has 1 amide bonds. The lowest BCUT2D eigenvalue weighted by Crippen LogP contribution is -2.68. The normalized spacial score (nSPS) is 42.6. The highest BCUT2D eigenvalue weighted by molar-refractivity contribution is 5.95. The third kappa shape index (κ3) is 3.30. The number of ether oxygens (including phenoxy) is 3. The molecule has 2 N–H and O–H groups in total. The van der Waals surface area contributed by atoms with Crippen molar-refractivity contribution in [3.05, 3.63) is 53.6 Å². The van der Waals surface area contributed by atoms with E-state index in [4.69, 9.17) is 14.2 Å². The van der Waals surface area contributed by atoms with E-state index in [1.807, 2.05) is 51.1 Å². The van der Waals surface area contributed by atoms with E-state index in [1.54, 1.807) is 12.1 Å². The van der Waals surface area contributed by atoms with Gasteiger partial charge in [0.15, 0.2) is 23.3 Å². The zero-order valence-electron chi connectivity index (χ0n) is 22.4. The summed E-state index contributed by atoms with van der Waals surface area (Å²) in [6.07, 6.45) is 2.10. The van der Waals surface area contributed by atoms with Gasteiger partial charge in [0.05, 0.1) is 12.0 Å². The van der Waals surface area contributed by atoms with E-state index in [1.165, 1.54) is 0 Å². The fourth-order valence-electron chi connectivity index (χ4n) is 8.08. The average molecular weight is 508 g/mol. The van der Waals surface area contributed by atoms with Crippen LogP contribution >= 0.6 is 0 Å². The molecule has 5 aliphatic rings. The Hall–Kier alpha value is -2.48. The minimum atomic E-state index is -1.82. The largest absolute Gasteiger partial charge is 0.438 e. The molecule has 37 heavy (non-hydrogen) atoms. The standard InChI is InChI=1S/C30H37NO6/c1-16-14-29-17(2)12-21-22(27(21,3)4)20(23(29)32)13-18-15-35-28(5,6)37-25(18)30(29,34)24(16)36-26(33)31-19-10-8-7-9-11-19/h7-11,13-14,17,20-22,24-25,34H,12,15H2,1-6H3,(H,31,33)/t17?,20-,21+,22-,24-,25+,29?,30+/m0/s1. The van der Waals surface area contributed by atoms with Crippen LogP contribution in [0.4, 0.5) is 10.5 Å². The first-order chi connectivity index (χ1) is 17.3. The zero-order valence-corrected chi connectivity index (χ0v) is 22.4. The van der Waals surface area contributed by atoms with Crippen molar-refractivity contribution in [3.8, 4) is 0 Å². The van der Waals surface area contributed by atoms with Gasteiger partial charge in [0.25, 0.3) is 0 Å². The Morgan fingerprint density at radius 3 is 2.57 bits per heavy atom. The molecule has 8 atom stereocenters. The summed E-state index contributed by atoms with van der Waals surface area (Å²) in [7, 11) is 0. The predicted molar refractivity (Wildman–Crippen MR) is 137 cm³/mol. The number of hydrogen-bond donors (Lipinski definition) is 2. The number of benzene rings is 1. The summed E-state index contributed by atoms with van der Waals surface area (Å²) in [6.45, 7) is 12.2. The third-order valence-corrected chi connectivity index (χ3v) is 9.92. The van der Waals surface area contributed by atoms with Crippen LogP contribution < -0.4 is 5.32 Å². The summed E-state index contributed by atoms with van der Waals surface area (Å²) in [4.78, 5) is 27.8. The maximum Gasteiger partial charge on any atom is 0.412 e. The fraction of sp³-hybridized carbons (Fsp3) is 0.600. The van der Waals surface area contributed by atoms with E-state index in [0.29, 0.717) is 17.2 Å².